The fourth-order valence-electron chi connectivity index (χ4n) is 2.55. The second-order valence-electron chi connectivity index (χ2n) is 5.85. The lowest BCUT2D eigenvalue weighted by molar-refractivity contribution is -0.113. The van der Waals surface area contributed by atoms with Crippen LogP contribution in [0.5, 0.6) is 0 Å². The van der Waals surface area contributed by atoms with Crippen molar-refractivity contribution in [1.82, 2.24) is 14.8 Å². The van der Waals surface area contributed by atoms with Gasteiger partial charge in [-0.3, -0.25) is 4.79 Å². The molecule has 3 rings (SSSR count). The zero-order valence-electron chi connectivity index (χ0n) is 15.2. The number of hydrogen-bond donors (Lipinski definition) is 2. The molecule has 0 atom stereocenters. The van der Waals surface area contributed by atoms with Gasteiger partial charge in [0.15, 0.2) is 11.0 Å². The van der Waals surface area contributed by atoms with Crippen molar-refractivity contribution in [2.24, 2.45) is 0 Å². The Bertz CT molecular complexity index is 963. The number of nitrogens with one attached hydrogen (secondary N) is 2. The fourth-order valence-corrected chi connectivity index (χ4v) is 3.75. The number of carbonyl (C=O) groups is 1. The minimum atomic E-state index is -0.128. The first-order chi connectivity index (χ1) is 13.5. The number of aromatic nitrogens is 3. The molecule has 0 aliphatic rings. The number of hydrogen-bond acceptors (Lipinski definition) is 5. The van der Waals surface area contributed by atoms with E-state index in [9.17, 15) is 4.79 Å². The number of nitrogens with zero attached hydrogens (tertiary/aromatic N) is 3. The molecule has 2 aromatic carbocycles. The lowest BCUT2D eigenvalue weighted by Crippen LogP contribution is -2.15. The van der Waals surface area contributed by atoms with Crippen LogP contribution < -0.4 is 10.6 Å². The van der Waals surface area contributed by atoms with Crippen LogP contribution in [0.15, 0.2) is 53.7 Å². The molecule has 0 unspecified atom stereocenters. The number of thioether (sulfide) groups is 1. The number of anilines is 2. The van der Waals surface area contributed by atoms with E-state index in [1.54, 1.807) is 24.3 Å². The summed E-state index contributed by atoms with van der Waals surface area (Å²) < 4.78 is 1.98. The highest BCUT2D eigenvalue weighted by molar-refractivity contribution is 7.99. The molecule has 3 aromatic rings. The van der Waals surface area contributed by atoms with E-state index in [2.05, 4.69) is 20.8 Å². The normalized spacial score (nSPS) is 10.7. The molecule has 0 saturated carbocycles. The second kappa shape index (κ2) is 9.82. The minimum Gasteiger partial charge on any atom is -0.378 e. The summed E-state index contributed by atoms with van der Waals surface area (Å²) in [6.07, 6.45) is 0. The van der Waals surface area contributed by atoms with Crippen molar-refractivity contribution in [1.29, 1.82) is 0 Å². The molecule has 0 bridgehead atoms. The highest BCUT2D eigenvalue weighted by Crippen LogP contribution is 2.20. The van der Waals surface area contributed by atoms with Crippen LogP contribution in [0, 0.1) is 0 Å². The molecule has 1 heterocycles. The largest absolute Gasteiger partial charge is 0.378 e. The zero-order chi connectivity index (χ0) is 19.9. The summed E-state index contributed by atoms with van der Waals surface area (Å²) in [6, 6.07) is 14.5. The lowest BCUT2D eigenvalue weighted by atomic mass is 10.3. The molecular formula is C19H19Cl2N5OS. The summed E-state index contributed by atoms with van der Waals surface area (Å²) in [4.78, 5) is 12.2. The van der Waals surface area contributed by atoms with Crippen LogP contribution in [0.25, 0.3) is 0 Å². The molecule has 0 fully saturated rings. The van der Waals surface area contributed by atoms with Crippen LogP contribution in [0.3, 0.4) is 0 Å². The Hall–Kier alpha value is -2.22. The van der Waals surface area contributed by atoms with Crippen LogP contribution in [-0.4, -0.2) is 26.4 Å². The van der Waals surface area contributed by atoms with E-state index in [1.807, 2.05) is 35.8 Å². The topological polar surface area (TPSA) is 71.8 Å². The van der Waals surface area contributed by atoms with Crippen LogP contribution >= 0.6 is 35.0 Å². The molecule has 0 radical (unpaired) electrons. The Labute approximate surface area is 177 Å². The molecule has 6 nitrogen and oxygen atoms in total. The summed E-state index contributed by atoms with van der Waals surface area (Å²) in [5.41, 5.74) is 1.58. The molecule has 9 heteroatoms. The van der Waals surface area contributed by atoms with Gasteiger partial charge in [-0.2, -0.15) is 0 Å². The smallest absolute Gasteiger partial charge is 0.234 e. The van der Waals surface area contributed by atoms with Crippen LogP contribution in [0.2, 0.25) is 10.0 Å². The summed E-state index contributed by atoms with van der Waals surface area (Å²) >= 11 is 13.3. The van der Waals surface area contributed by atoms with Gasteiger partial charge in [-0.05, 0) is 43.3 Å². The third kappa shape index (κ3) is 5.64. The summed E-state index contributed by atoms with van der Waals surface area (Å²) in [5, 5.41) is 16.5. The van der Waals surface area contributed by atoms with Crippen LogP contribution in [-0.2, 0) is 17.9 Å². The standard InChI is InChI=1S/C19H19Cl2N5OS/c1-2-26-17(11-22-15-7-3-5-13(20)9-15)24-25-19(26)28-12-18(27)23-16-8-4-6-14(21)10-16/h3-10,22H,2,11-12H2,1H3,(H,23,27). The SMILES string of the molecule is CCn1c(CNc2cccc(Cl)c2)nnc1SCC(=O)Nc1cccc(Cl)c1. The van der Waals surface area contributed by atoms with Crippen molar-refractivity contribution in [2.75, 3.05) is 16.4 Å². The predicted octanol–water partition coefficient (Wildman–Crippen LogP) is 4.95. The Morgan fingerprint density at radius 3 is 2.43 bits per heavy atom. The van der Waals surface area contributed by atoms with E-state index < -0.39 is 0 Å². The second-order valence-corrected chi connectivity index (χ2v) is 7.67. The third-order valence-electron chi connectivity index (χ3n) is 3.83. The fraction of sp³-hybridized carbons (Fsp3) is 0.211. The number of halogens is 2. The van der Waals surface area contributed by atoms with Crippen molar-refractivity contribution >= 4 is 52.2 Å². The minimum absolute atomic E-state index is 0.128. The van der Waals surface area contributed by atoms with Gasteiger partial charge in [-0.1, -0.05) is 47.1 Å². The molecule has 0 spiro atoms. The number of amides is 1. The van der Waals surface area contributed by atoms with Gasteiger partial charge in [0.05, 0.1) is 12.3 Å². The predicted molar refractivity (Wildman–Crippen MR) is 115 cm³/mol. The van der Waals surface area contributed by atoms with E-state index in [1.165, 1.54) is 11.8 Å². The molecule has 0 aliphatic carbocycles. The van der Waals surface area contributed by atoms with Gasteiger partial charge < -0.3 is 15.2 Å². The molecule has 2 N–H and O–H groups in total. The Morgan fingerprint density at radius 1 is 1.07 bits per heavy atom. The van der Waals surface area contributed by atoms with E-state index in [0.717, 1.165) is 11.5 Å². The highest BCUT2D eigenvalue weighted by Gasteiger charge is 2.13. The molecule has 146 valence electrons. The van der Waals surface area contributed by atoms with Crippen molar-refractivity contribution in [3.05, 3.63) is 64.4 Å². The van der Waals surface area contributed by atoms with Crippen molar-refractivity contribution < 1.29 is 4.79 Å². The molecule has 1 aromatic heterocycles. The van der Waals surface area contributed by atoms with Gasteiger partial charge in [0, 0.05) is 28.0 Å². The van der Waals surface area contributed by atoms with Crippen molar-refractivity contribution in [3.63, 3.8) is 0 Å². The van der Waals surface area contributed by atoms with Gasteiger partial charge in [-0.15, -0.1) is 10.2 Å². The monoisotopic (exact) mass is 435 g/mol. The average molecular weight is 436 g/mol. The maximum atomic E-state index is 12.2. The Morgan fingerprint density at radius 2 is 1.75 bits per heavy atom. The van der Waals surface area contributed by atoms with E-state index >= 15 is 0 Å². The number of rotatable bonds is 8. The van der Waals surface area contributed by atoms with E-state index in [4.69, 9.17) is 23.2 Å². The van der Waals surface area contributed by atoms with Gasteiger partial charge in [-0.25, -0.2) is 0 Å². The first-order valence-corrected chi connectivity index (χ1v) is 10.4. The van der Waals surface area contributed by atoms with Crippen molar-refractivity contribution in [2.45, 2.75) is 25.2 Å². The van der Waals surface area contributed by atoms with E-state index in [-0.39, 0.29) is 11.7 Å². The van der Waals surface area contributed by atoms with E-state index in [0.29, 0.717) is 34.0 Å². The van der Waals surface area contributed by atoms with Gasteiger partial charge in [0.1, 0.15) is 0 Å². The first-order valence-electron chi connectivity index (χ1n) is 8.65. The van der Waals surface area contributed by atoms with Crippen LogP contribution in [0.1, 0.15) is 12.7 Å². The molecule has 28 heavy (non-hydrogen) atoms. The summed E-state index contributed by atoms with van der Waals surface area (Å²) in [6.45, 7) is 3.23. The summed E-state index contributed by atoms with van der Waals surface area (Å²) in [7, 11) is 0. The highest BCUT2D eigenvalue weighted by atomic mass is 35.5. The van der Waals surface area contributed by atoms with Crippen molar-refractivity contribution in [3.8, 4) is 0 Å². The maximum absolute atomic E-state index is 12.2. The molecule has 1 amide bonds. The van der Waals surface area contributed by atoms with Gasteiger partial charge in [0.25, 0.3) is 0 Å². The maximum Gasteiger partial charge on any atom is 0.234 e. The number of benzene rings is 2. The van der Waals surface area contributed by atoms with Gasteiger partial charge >= 0.3 is 0 Å². The molecule has 0 saturated heterocycles. The summed E-state index contributed by atoms with van der Waals surface area (Å²) in [5.74, 6) is 0.892. The molecular weight excluding hydrogens is 417 g/mol. The quantitative estimate of drug-likeness (QED) is 0.489. The first kappa shape index (κ1) is 20.5. The lowest BCUT2D eigenvalue weighted by Gasteiger charge is -2.09. The third-order valence-corrected chi connectivity index (χ3v) is 5.26. The molecule has 0 aliphatic heterocycles. The van der Waals surface area contributed by atoms with Crippen LogP contribution in [0.4, 0.5) is 11.4 Å². The Balaban J connectivity index is 1.57. The zero-order valence-corrected chi connectivity index (χ0v) is 17.5. The Kier molecular flexibility index (Phi) is 7.19. The average Bonchev–Trinajstić information content (AvgIpc) is 3.06. The number of carbonyl (C=O) groups excluding carboxylic acids is 1. The van der Waals surface area contributed by atoms with Gasteiger partial charge in [0.2, 0.25) is 5.91 Å².